The van der Waals surface area contributed by atoms with Crippen LogP contribution in [0.25, 0.3) is 5.41 Å². The first kappa shape index (κ1) is 9.26. The lowest BCUT2D eigenvalue weighted by atomic mass is 11.1. The normalized spacial score (nSPS) is 5.14. The van der Waals surface area contributed by atoms with Crippen molar-refractivity contribution in [3.05, 3.63) is 5.41 Å². The molecular formula is C2H6N4O. The van der Waals surface area contributed by atoms with E-state index >= 15 is 0 Å². The number of carbonyl (C=O) groups excluding carboxylic acids is 1. The largest absolute Gasteiger partial charge is 0.422 e. The molecule has 0 aliphatic carbocycles. The Labute approximate surface area is 40.3 Å². The van der Waals surface area contributed by atoms with E-state index in [9.17, 15) is 4.79 Å². The van der Waals surface area contributed by atoms with Crippen LogP contribution in [-0.2, 0) is 0 Å². The average Bonchev–Trinajstić information content (AvgIpc) is 1.35. The molecule has 0 atom stereocenters. The number of urea groups is 1. The molecule has 2 amide bonds. The van der Waals surface area contributed by atoms with Crippen LogP contribution in [0.15, 0.2) is 4.99 Å². The molecular weight excluding hydrogens is 96.0 g/mol. The summed E-state index contributed by atoms with van der Waals surface area (Å²) in [6.45, 7) is 0. The van der Waals surface area contributed by atoms with Gasteiger partial charge < -0.3 is 22.3 Å². The lowest BCUT2D eigenvalue weighted by Crippen LogP contribution is -2.02. The van der Waals surface area contributed by atoms with E-state index in [4.69, 9.17) is 5.41 Å². The number of nitrogens with zero attached hydrogens (tertiary/aromatic N) is 2. The van der Waals surface area contributed by atoms with Gasteiger partial charge in [0.15, 0.2) is 0 Å². The predicted octanol–water partition coefficient (Wildman–Crippen LogP) is 0.185. The molecule has 7 heavy (non-hydrogen) atoms. The van der Waals surface area contributed by atoms with Gasteiger partial charge in [0.25, 0.3) is 0 Å². The number of rotatable bonds is 0. The summed E-state index contributed by atoms with van der Waals surface area (Å²) in [6, 6.07) is 0.271. The molecule has 5 nitrogen and oxygen atoms in total. The second kappa shape index (κ2) is 4.81. The highest BCUT2D eigenvalue weighted by Gasteiger charge is 1.62. The summed E-state index contributed by atoms with van der Waals surface area (Å²) >= 11 is 0. The zero-order chi connectivity index (χ0) is 4.99. The number of aliphatic imine (C=N–C) groups is 1. The Kier molecular flexibility index (Phi) is 6.36. The Morgan fingerprint density at radius 1 is 1.86 bits per heavy atom. The van der Waals surface area contributed by atoms with Gasteiger partial charge in [0.1, 0.15) is 0 Å². The first-order valence-electron chi connectivity index (χ1n) is 1.16. The van der Waals surface area contributed by atoms with Crippen LogP contribution in [0.1, 0.15) is 0 Å². The molecule has 0 aromatic heterocycles. The molecule has 0 saturated heterocycles. The van der Waals surface area contributed by atoms with Crippen molar-refractivity contribution in [1.29, 1.82) is 0 Å². The highest BCUT2D eigenvalue weighted by molar-refractivity contribution is 5.79. The summed E-state index contributed by atoms with van der Waals surface area (Å²) in [5.74, 6) is 0. The second-order valence-corrected chi connectivity index (χ2v) is 0.550. The molecule has 0 heterocycles. The summed E-state index contributed by atoms with van der Waals surface area (Å²) < 4.78 is 0. The first-order chi connectivity index (χ1) is 2.77. The number of hydrogen-bond acceptors (Lipinski definition) is 1. The van der Waals surface area contributed by atoms with E-state index in [1.165, 1.54) is 6.01 Å². The Hall–Kier alpha value is -1.19. The third kappa shape index (κ3) is 11.6. The van der Waals surface area contributed by atoms with Gasteiger partial charge in [-0.1, -0.05) is 0 Å². The maximum atomic E-state index is 9.43. The van der Waals surface area contributed by atoms with E-state index < -0.39 is 6.03 Å². The van der Waals surface area contributed by atoms with Crippen molar-refractivity contribution in [3.8, 4) is 0 Å². The average molecular weight is 102 g/mol. The van der Waals surface area contributed by atoms with Crippen molar-refractivity contribution in [2.45, 2.75) is 0 Å². The molecule has 0 aliphatic heterocycles. The van der Waals surface area contributed by atoms with Crippen LogP contribution in [0.2, 0.25) is 0 Å². The molecule has 0 aliphatic rings. The zero-order valence-corrected chi connectivity index (χ0v) is 3.88. The summed E-state index contributed by atoms with van der Waals surface area (Å²) in [5, 5.41) is 7.52. The van der Waals surface area contributed by atoms with Gasteiger partial charge in [-0.05, 0) is 0 Å². The maximum absolute atomic E-state index is 9.43. The van der Waals surface area contributed by atoms with Crippen LogP contribution in [0, 0.1) is 0 Å². The van der Waals surface area contributed by atoms with Gasteiger partial charge in [-0.2, -0.15) is 0 Å². The van der Waals surface area contributed by atoms with Crippen molar-refractivity contribution < 1.29 is 4.79 Å². The lowest BCUT2D eigenvalue weighted by Gasteiger charge is -1.77. The van der Waals surface area contributed by atoms with E-state index in [0.717, 1.165) is 0 Å². The van der Waals surface area contributed by atoms with E-state index in [0.29, 0.717) is 0 Å². The first-order valence-corrected chi connectivity index (χ1v) is 1.16. The minimum atomic E-state index is -0.947. The van der Waals surface area contributed by atoms with Crippen LogP contribution >= 0.6 is 0 Å². The van der Waals surface area contributed by atoms with Crippen LogP contribution in [0.3, 0.4) is 0 Å². The van der Waals surface area contributed by atoms with E-state index in [-0.39, 0.29) is 6.15 Å². The number of amides is 2. The summed E-state index contributed by atoms with van der Waals surface area (Å²) in [4.78, 5) is 12.0. The van der Waals surface area contributed by atoms with E-state index in [2.05, 4.69) is 10.7 Å². The number of quaternary nitrogens is 1. The molecule has 0 aromatic carbocycles. The van der Waals surface area contributed by atoms with Gasteiger partial charge in [0.2, 0.25) is 6.03 Å². The van der Waals surface area contributed by atoms with Crippen LogP contribution in [0.4, 0.5) is 4.79 Å². The van der Waals surface area contributed by atoms with Crippen LogP contribution < -0.4 is 11.9 Å². The quantitative estimate of drug-likeness (QED) is 0.417. The van der Waals surface area contributed by atoms with Crippen molar-refractivity contribution >= 4 is 12.0 Å². The molecule has 40 valence electrons. The highest BCUT2D eigenvalue weighted by Crippen LogP contribution is 1.56. The number of primary amides is 1. The molecule has 0 saturated carbocycles. The Balaban J connectivity index is 0. The van der Waals surface area contributed by atoms with Crippen LogP contribution in [0.5, 0.6) is 0 Å². The highest BCUT2D eigenvalue weighted by atomic mass is 16.2. The van der Waals surface area contributed by atoms with Gasteiger partial charge >= 0.3 is 0 Å². The van der Waals surface area contributed by atoms with Gasteiger partial charge in [-0.3, -0.25) is 4.79 Å². The fraction of sp³-hybridized carbons (Fsp3) is 0. The topological polar surface area (TPSA) is 114 Å². The number of carbonyl (C=O) groups is 1. The van der Waals surface area contributed by atoms with Crippen molar-refractivity contribution in [1.82, 2.24) is 6.15 Å². The molecule has 5 heteroatoms. The number of hydrogen-bond donors (Lipinski definition) is 2. The minimum absolute atomic E-state index is 0. The van der Waals surface area contributed by atoms with E-state index in [1.54, 1.807) is 0 Å². The molecule has 0 unspecified atom stereocenters. The smallest absolute Gasteiger partial charge is 0.242 e. The summed E-state index contributed by atoms with van der Waals surface area (Å²) in [5.41, 5.74) is 4.37. The monoisotopic (exact) mass is 102 g/mol. The van der Waals surface area contributed by atoms with Gasteiger partial charge in [0, 0.05) is 0 Å². The van der Waals surface area contributed by atoms with E-state index in [1.807, 2.05) is 0 Å². The summed E-state index contributed by atoms with van der Waals surface area (Å²) in [7, 11) is 0. The molecule has 0 rings (SSSR count). The van der Waals surface area contributed by atoms with Gasteiger partial charge in [-0.25, -0.2) is 0 Å². The molecule has 0 bridgehead atoms. The van der Waals surface area contributed by atoms with Crippen molar-refractivity contribution in [2.24, 2.45) is 10.7 Å². The fourth-order valence-corrected chi connectivity index (χ4v) is 0.0493. The summed E-state index contributed by atoms with van der Waals surface area (Å²) in [6.07, 6.45) is 0. The Bertz CT molecular complexity index is 102. The minimum Gasteiger partial charge on any atom is -0.422 e. The molecule has 0 aromatic rings. The lowest BCUT2D eigenvalue weighted by molar-refractivity contribution is 0.257. The standard InChI is InChI=1S/C2H2N3O.H3N/c3-1-5-2(4)6;/h(H2,4,6);1H3/q-1;/p+1. The zero-order valence-electron chi connectivity index (χ0n) is 3.88. The van der Waals surface area contributed by atoms with Crippen molar-refractivity contribution in [2.75, 3.05) is 0 Å². The molecule has 0 spiro atoms. The third-order valence-corrected chi connectivity index (χ3v) is 0.160. The van der Waals surface area contributed by atoms with Gasteiger partial charge in [0.05, 0.1) is 0 Å². The maximum Gasteiger partial charge on any atom is 0.242 e. The SMILES string of the molecule is [N-]=C=NC(N)=O.[NH4+]. The van der Waals surface area contributed by atoms with Gasteiger partial charge in [-0.15, -0.1) is 6.01 Å². The molecule has 0 fully saturated rings. The number of nitrogens with two attached hydrogens (primary N) is 1. The fourth-order valence-electron chi connectivity index (χ4n) is 0.0493. The third-order valence-electron chi connectivity index (χ3n) is 0.160. The second-order valence-electron chi connectivity index (χ2n) is 0.550. The Morgan fingerprint density at radius 3 is 2.29 bits per heavy atom. The molecule has 6 N–H and O–H groups in total. The van der Waals surface area contributed by atoms with Crippen LogP contribution in [-0.4, -0.2) is 12.0 Å². The predicted molar refractivity (Wildman–Crippen MR) is 26.4 cm³/mol. The molecule has 0 radical (unpaired) electrons. The van der Waals surface area contributed by atoms with Crippen molar-refractivity contribution in [3.63, 3.8) is 0 Å². The Morgan fingerprint density at radius 2 is 2.29 bits per heavy atom.